The number of anilines is 2. The summed E-state index contributed by atoms with van der Waals surface area (Å²) in [4.78, 5) is 28.5. The molecule has 3 N–H and O–H groups in total. The van der Waals surface area contributed by atoms with Gasteiger partial charge in [0.15, 0.2) is 16.8 Å². The van der Waals surface area contributed by atoms with Crippen molar-refractivity contribution in [3.8, 4) is 0 Å². The summed E-state index contributed by atoms with van der Waals surface area (Å²) in [5, 5.41) is 3.65. The molecule has 0 unspecified atom stereocenters. The second-order valence-electron chi connectivity index (χ2n) is 8.12. The fourth-order valence-corrected chi connectivity index (χ4v) is 4.34. The lowest BCUT2D eigenvalue weighted by Gasteiger charge is -2.35. The van der Waals surface area contributed by atoms with Crippen LogP contribution in [-0.4, -0.2) is 44.4 Å². The van der Waals surface area contributed by atoms with Crippen molar-refractivity contribution in [3.63, 3.8) is 0 Å². The van der Waals surface area contributed by atoms with Gasteiger partial charge in [0.1, 0.15) is 5.82 Å². The van der Waals surface area contributed by atoms with Gasteiger partial charge in [0.05, 0.1) is 11.2 Å². The number of aromatic nitrogens is 3. The Morgan fingerprint density at radius 3 is 2.69 bits per heavy atom. The van der Waals surface area contributed by atoms with E-state index in [1.807, 2.05) is 6.20 Å². The van der Waals surface area contributed by atoms with Gasteiger partial charge < -0.3 is 16.0 Å². The zero-order valence-electron chi connectivity index (χ0n) is 17.5. The number of carbonyl (C=O) groups is 1. The van der Waals surface area contributed by atoms with Crippen LogP contribution in [0.4, 0.5) is 15.3 Å². The molecule has 0 bridgehead atoms. The molecule has 0 spiro atoms. The van der Waals surface area contributed by atoms with E-state index in [1.54, 1.807) is 25.7 Å². The van der Waals surface area contributed by atoms with Crippen LogP contribution in [0.15, 0.2) is 6.20 Å². The summed E-state index contributed by atoms with van der Waals surface area (Å²) in [6.07, 6.45) is 5.26. The molecule has 158 valence electrons. The molecule has 0 aromatic carbocycles. The quantitative estimate of drug-likeness (QED) is 0.742. The first-order valence-corrected chi connectivity index (χ1v) is 10.8. The monoisotopic (exact) mass is 420 g/mol. The van der Waals surface area contributed by atoms with E-state index in [0.717, 1.165) is 30.6 Å². The average Bonchev–Trinajstić information content (AvgIpc) is 3.11. The fourth-order valence-electron chi connectivity index (χ4n) is 3.42. The molecule has 0 saturated carbocycles. The maximum absolute atomic E-state index is 14.6. The Balaban J connectivity index is 1.73. The highest BCUT2D eigenvalue weighted by Crippen LogP contribution is 2.30. The zero-order valence-corrected chi connectivity index (χ0v) is 18.3. The lowest BCUT2D eigenvalue weighted by molar-refractivity contribution is -0.136. The second kappa shape index (κ2) is 8.71. The Morgan fingerprint density at radius 1 is 1.38 bits per heavy atom. The van der Waals surface area contributed by atoms with Crippen molar-refractivity contribution < 1.29 is 9.18 Å². The molecule has 0 radical (unpaired) electrons. The van der Waals surface area contributed by atoms with Gasteiger partial charge in [0.2, 0.25) is 5.91 Å². The maximum Gasteiger partial charge on any atom is 0.242 e. The standard InChI is InChI=1S/C20H29FN6OS/c1-5-6-14-11-23-19(29-14)26-17-15(21)12(2)24-16(25-17)13-7-9-27(10-8-13)18(28)20(3,4)22/h11,13H,5-10,22H2,1-4H3,(H,23,24,25,26). The predicted octanol–water partition coefficient (Wildman–Crippen LogP) is 3.52. The van der Waals surface area contributed by atoms with Gasteiger partial charge in [0, 0.05) is 30.1 Å². The van der Waals surface area contributed by atoms with Gasteiger partial charge in [-0.05, 0) is 40.0 Å². The molecule has 0 aliphatic carbocycles. The Morgan fingerprint density at radius 2 is 2.07 bits per heavy atom. The smallest absolute Gasteiger partial charge is 0.242 e. The number of nitrogens with two attached hydrogens (primary N) is 1. The van der Waals surface area contributed by atoms with E-state index in [0.29, 0.717) is 29.7 Å². The van der Waals surface area contributed by atoms with E-state index in [1.165, 1.54) is 11.3 Å². The molecule has 9 heteroatoms. The van der Waals surface area contributed by atoms with Crippen molar-refractivity contribution in [2.45, 2.75) is 64.8 Å². The average molecular weight is 421 g/mol. The third kappa shape index (κ3) is 5.08. The van der Waals surface area contributed by atoms with Gasteiger partial charge in [-0.15, -0.1) is 11.3 Å². The van der Waals surface area contributed by atoms with Crippen LogP contribution in [0.5, 0.6) is 0 Å². The molecule has 7 nitrogen and oxygen atoms in total. The molecular weight excluding hydrogens is 391 g/mol. The van der Waals surface area contributed by atoms with Crippen LogP contribution in [0.2, 0.25) is 0 Å². The number of carbonyl (C=O) groups excluding carboxylic acids is 1. The van der Waals surface area contributed by atoms with Gasteiger partial charge in [-0.3, -0.25) is 4.79 Å². The topological polar surface area (TPSA) is 97.0 Å². The molecule has 1 amide bonds. The second-order valence-corrected chi connectivity index (χ2v) is 9.24. The van der Waals surface area contributed by atoms with E-state index >= 15 is 0 Å². The van der Waals surface area contributed by atoms with E-state index in [2.05, 4.69) is 27.2 Å². The molecule has 1 saturated heterocycles. The predicted molar refractivity (Wildman–Crippen MR) is 113 cm³/mol. The van der Waals surface area contributed by atoms with Crippen molar-refractivity contribution >= 4 is 28.2 Å². The van der Waals surface area contributed by atoms with Gasteiger partial charge in [-0.1, -0.05) is 13.3 Å². The molecule has 1 aliphatic rings. The SMILES string of the molecule is CCCc1cnc(Nc2nc(C3CCN(C(=O)C(C)(C)N)CC3)nc(C)c2F)s1. The van der Waals surface area contributed by atoms with Gasteiger partial charge in [-0.2, -0.15) is 0 Å². The molecule has 0 atom stereocenters. The van der Waals surface area contributed by atoms with Crippen molar-refractivity contribution in [1.29, 1.82) is 0 Å². The lowest BCUT2D eigenvalue weighted by atomic mass is 9.94. The van der Waals surface area contributed by atoms with Crippen LogP contribution in [0.1, 0.15) is 62.3 Å². The first-order chi connectivity index (χ1) is 13.7. The molecule has 2 aromatic heterocycles. The summed E-state index contributed by atoms with van der Waals surface area (Å²) < 4.78 is 14.6. The largest absolute Gasteiger partial charge is 0.341 e. The van der Waals surface area contributed by atoms with Crippen LogP contribution < -0.4 is 11.1 Å². The molecule has 1 aliphatic heterocycles. The number of aryl methyl sites for hydroxylation is 2. The van der Waals surface area contributed by atoms with Gasteiger partial charge >= 0.3 is 0 Å². The fraction of sp³-hybridized carbons (Fsp3) is 0.600. The van der Waals surface area contributed by atoms with Gasteiger partial charge in [0.25, 0.3) is 0 Å². The van der Waals surface area contributed by atoms with E-state index < -0.39 is 11.4 Å². The van der Waals surface area contributed by atoms with Crippen molar-refractivity contribution in [3.05, 3.63) is 28.4 Å². The first-order valence-electron chi connectivity index (χ1n) is 10.0. The molecule has 3 rings (SSSR count). The summed E-state index contributed by atoms with van der Waals surface area (Å²) >= 11 is 1.51. The van der Waals surface area contributed by atoms with Crippen LogP contribution in [0.25, 0.3) is 0 Å². The normalized spacial score (nSPS) is 15.6. The number of hydrogen-bond donors (Lipinski definition) is 2. The highest BCUT2D eigenvalue weighted by Gasteiger charge is 2.32. The third-order valence-electron chi connectivity index (χ3n) is 5.01. The summed E-state index contributed by atoms with van der Waals surface area (Å²) in [7, 11) is 0. The Kier molecular flexibility index (Phi) is 6.48. The first kappa shape index (κ1) is 21.6. The molecule has 1 fully saturated rings. The van der Waals surface area contributed by atoms with Crippen LogP contribution >= 0.6 is 11.3 Å². The number of likely N-dealkylation sites (tertiary alicyclic amines) is 1. The summed E-state index contributed by atoms with van der Waals surface area (Å²) in [5.41, 5.74) is 5.37. The number of thiazole rings is 1. The molecular formula is C20H29FN6OS. The number of piperidine rings is 1. The number of nitrogens with zero attached hydrogens (tertiary/aromatic N) is 4. The van der Waals surface area contributed by atoms with Crippen LogP contribution in [-0.2, 0) is 11.2 Å². The van der Waals surface area contributed by atoms with E-state index in [-0.39, 0.29) is 17.6 Å². The third-order valence-corrected chi connectivity index (χ3v) is 5.98. The minimum absolute atomic E-state index is 0.0545. The number of hydrogen-bond acceptors (Lipinski definition) is 7. The van der Waals surface area contributed by atoms with Crippen molar-refractivity contribution in [1.82, 2.24) is 19.9 Å². The van der Waals surface area contributed by atoms with E-state index in [9.17, 15) is 9.18 Å². The molecule has 29 heavy (non-hydrogen) atoms. The number of rotatable bonds is 6. The minimum Gasteiger partial charge on any atom is -0.341 e. The number of nitrogens with one attached hydrogen (secondary N) is 1. The zero-order chi connectivity index (χ0) is 21.2. The summed E-state index contributed by atoms with van der Waals surface area (Å²) in [6, 6.07) is 0. The molecule has 2 aromatic rings. The Labute approximate surface area is 175 Å². The Hall–Kier alpha value is -2.13. The minimum atomic E-state index is -0.878. The lowest BCUT2D eigenvalue weighted by Crippen LogP contribution is -2.53. The summed E-state index contributed by atoms with van der Waals surface area (Å²) in [6.45, 7) is 8.39. The van der Waals surface area contributed by atoms with Gasteiger partial charge in [-0.25, -0.2) is 19.3 Å². The maximum atomic E-state index is 14.6. The number of amides is 1. The van der Waals surface area contributed by atoms with E-state index in [4.69, 9.17) is 5.73 Å². The molecule has 3 heterocycles. The highest BCUT2D eigenvalue weighted by atomic mass is 32.1. The summed E-state index contributed by atoms with van der Waals surface area (Å²) in [5.74, 6) is 0.328. The Bertz CT molecular complexity index is 870. The number of halogens is 1. The van der Waals surface area contributed by atoms with Crippen molar-refractivity contribution in [2.75, 3.05) is 18.4 Å². The van der Waals surface area contributed by atoms with Crippen LogP contribution in [0, 0.1) is 12.7 Å². The van der Waals surface area contributed by atoms with Crippen LogP contribution in [0.3, 0.4) is 0 Å². The highest BCUT2D eigenvalue weighted by molar-refractivity contribution is 7.15. The van der Waals surface area contributed by atoms with Crippen molar-refractivity contribution in [2.24, 2.45) is 5.73 Å².